The maximum Gasteiger partial charge on any atom is 0.264 e. The number of hydrogen-bond acceptors (Lipinski definition) is 4. The second-order valence-corrected chi connectivity index (χ2v) is 13.0. The topological polar surface area (TPSA) is 86.8 Å². The van der Waals surface area contributed by atoms with Gasteiger partial charge in [0.2, 0.25) is 11.8 Å². The first-order valence-corrected chi connectivity index (χ1v) is 15.8. The number of likely N-dealkylation sites (N-methyl/N-ethyl adjacent to an activating group) is 1. The van der Waals surface area contributed by atoms with Crippen LogP contribution in [0.2, 0.25) is 10.0 Å². The summed E-state index contributed by atoms with van der Waals surface area (Å²) in [5, 5.41) is 3.47. The van der Waals surface area contributed by atoms with E-state index in [4.69, 9.17) is 23.2 Å². The Bertz CT molecular complexity index is 1700. The second-order valence-electron chi connectivity index (χ2n) is 10.2. The van der Waals surface area contributed by atoms with Gasteiger partial charge in [-0.2, -0.15) is 0 Å². The van der Waals surface area contributed by atoms with Gasteiger partial charge in [0.25, 0.3) is 10.0 Å². The molecule has 1 N–H and O–H groups in total. The summed E-state index contributed by atoms with van der Waals surface area (Å²) in [7, 11) is -2.72. The zero-order valence-electron chi connectivity index (χ0n) is 24.1. The van der Waals surface area contributed by atoms with E-state index >= 15 is 0 Å². The monoisotopic (exact) mass is 637 g/mol. The van der Waals surface area contributed by atoms with Gasteiger partial charge in [-0.25, -0.2) is 8.42 Å². The van der Waals surface area contributed by atoms with Crippen molar-refractivity contribution in [3.63, 3.8) is 0 Å². The standard InChI is InChI=1S/C33H33Cl2N3O4S/c1-23-12-16-29(17-13-23)43(41,42)38(30-20-28(35)15-14-24(30)2)22-32(39)37(21-26-10-7-11-27(34)18-26)31(33(40)36-3)19-25-8-5-4-6-9-25/h4-18,20,31H,19,21-22H2,1-3H3,(H,36,40). The van der Waals surface area contributed by atoms with E-state index < -0.39 is 28.5 Å². The minimum atomic E-state index is -4.22. The summed E-state index contributed by atoms with van der Waals surface area (Å²) in [4.78, 5) is 29.2. The number of benzene rings is 4. The normalized spacial score (nSPS) is 11.9. The maximum absolute atomic E-state index is 14.4. The highest BCUT2D eigenvalue weighted by Crippen LogP contribution is 2.30. The first-order valence-electron chi connectivity index (χ1n) is 13.6. The SMILES string of the molecule is CNC(=O)C(Cc1ccccc1)N(Cc1cccc(Cl)c1)C(=O)CN(c1cc(Cl)ccc1C)S(=O)(=O)c1ccc(C)cc1. The third kappa shape index (κ3) is 7.96. The van der Waals surface area contributed by atoms with E-state index in [-0.39, 0.29) is 29.5 Å². The van der Waals surface area contributed by atoms with Crippen LogP contribution >= 0.6 is 23.2 Å². The minimum absolute atomic E-state index is 0.0251. The van der Waals surface area contributed by atoms with Crippen LogP contribution in [0.5, 0.6) is 0 Å². The average molecular weight is 639 g/mol. The Kier molecular flexibility index (Phi) is 10.5. The third-order valence-electron chi connectivity index (χ3n) is 7.09. The smallest absolute Gasteiger partial charge is 0.264 e. The molecule has 0 aliphatic carbocycles. The Hall–Kier alpha value is -3.85. The van der Waals surface area contributed by atoms with Crippen LogP contribution in [0.3, 0.4) is 0 Å². The van der Waals surface area contributed by atoms with Crippen molar-refractivity contribution in [3.8, 4) is 0 Å². The number of carbonyl (C=O) groups excluding carboxylic acids is 2. The summed E-state index contributed by atoms with van der Waals surface area (Å²) in [6.07, 6.45) is 0.216. The van der Waals surface area contributed by atoms with Gasteiger partial charge in [0.15, 0.2) is 0 Å². The van der Waals surface area contributed by atoms with Gasteiger partial charge in [-0.15, -0.1) is 0 Å². The molecule has 43 heavy (non-hydrogen) atoms. The number of rotatable bonds is 11. The Morgan fingerprint density at radius 3 is 2.12 bits per heavy atom. The molecule has 7 nitrogen and oxygen atoms in total. The number of nitrogens with zero attached hydrogens (tertiary/aromatic N) is 2. The van der Waals surface area contributed by atoms with E-state index in [0.717, 1.165) is 15.4 Å². The highest BCUT2D eigenvalue weighted by Gasteiger charge is 2.35. The van der Waals surface area contributed by atoms with Gasteiger partial charge in [0.05, 0.1) is 10.6 Å². The zero-order chi connectivity index (χ0) is 31.1. The van der Waals surface area contributed by atoms with Crippen LogP contribution in [0, 0.1) is 13.8 Å². The predicted octanol–water partition coefficient (Wildman–Crippen LogP) is 6.19. The molecule has 1 unspecified atom stereocenters. The van der Waals surface area contributed by atoms with Crippen LogP contribution in [0.4, 0.5) is 5.69 Å². The zero-order valence-corrected chi connectivity index (χ0v) is 26.5. The molecule has 224 valence electrons. The molecule has 0 radical (unpaired) electrons. The molecule has 0 spiro atoms. The molecule has 0 aliphatic rings. The van der Waals surface area contributed by atoms with E-state index in [1.807, 2.05) is 37.3 Å². The van der Waals surface area contributed by atoms with Crippen molar-refractivity contribution in [3.05, 3.63) is 129 Å². The molecule has 4 aromatic carbocycles. The van der Waals surface area contributed by atoms with Gasteiger partial charge in [0, 0.05) is 30.1 Å². The number of amides is 2. The lowest BCUT2D eigenvalue weighted by Gasteiger charge is -2.34. The van der Waals surface area contributed by atoms with Gasteiger partial charge in [-0.1, -0.05) is 89.4 Å². The van der Waals surface area contributed by atoms with Crippen molar-refractivity contribution >= 4 is 50.7 Å². The van der Waals surface area contributed by atoms with Gasteiger partial charge in [0.1, 0.15) is 12.6 Å². The summed E-state index contributed by atoms with van der Waals surface area (Å²) in [6.45, 7) is 3.07. The Morgan fingerprint density at radius 1 is 0.814 bits per heavy atom. The molecular formula is C33H33Cl2N3O4S. The van der Waals surface area contributed by atoms with Gasteiger partial charge >= 0.3 is 0 Å². The van der Waals surface area contributed by atoms with E-state index in [2.05, 4.69) is 5.32 Å². The lowest BCUT2D eigenvalue weighted by atomic mass is 10.0. The van der Waals surface area contributed by atoms with Crippen LogP contribution in [0.25, 0.3) is 0 Å². The summed E-state index contributed by atoms with van der Waals surface area (Å²) in [5.74, 6) is -0.953. The van der Waals surface area contributed by atoms with Crippen molar-refractivity contribution < 1.29 is 18.0 Å². The molecule has 0 saturated carbocycles. The molecule has 0 aromatic heterocycles. The number of aryl methyl sites for hydroxylation is 2. The van der Waals surface area contributed by atoms with E-state index in [9.17, 15) is 18.0 Å². The fourth-order valence-electron chi connectivity index (χ4n) is 4.75. The molecule has 2 amide bonds. The number of hydrogen-bond donors (Lipinski definition) is 1. The number of sulfonamides is 1. The largest absolute Gasteiger partial charge is 0.357 e. The maximum atomic E-state index is 14.4. The highest BCUT2D eigenvalue weighted by molar-refractivity contribution is 7.92. The van der Waals surface area contributed by atoms with Crippen molar-refractivity contribution in [2.45, 2.75) is 37.8 Å². The molecular weight excluding hydrogens is 605 g/mol. The number of carbonyl (C=O) groups is 2. The lowest BCUT2D eigenvalue weighted by molar-refractivity contribution is -0.139. The summed E-state index contributed by atoms with van der Waals surface area (Å²) < 4.78 is 29.3. The number of anilines is 1. The minimum Gasteiger partial charge on any atom is -0.357 e. The lowest BCUT2D eigenvalue weighted by Crippen LogP contribution is -2.53. The third-order valence-corrected chi connectivity index (χ3v) is 9.33. The molecule has 0 fully saturated rings. The van der Waals surface area contributed by atoms with Crippen LogP contribution < -0.4 is 9.62 Å². The molecule has 0 bridgehead atoms. The highest BCUT2D eigenvalue weighted by atomic mass is 35.5. The van der Waals surface area contributed by atoms with E-state index in [0.29, 0.717) is 21.2 Å². The molecule has 0 aliphatic heterocycles. The quantitative estimate of drug-likeness (QED) is 0.212. The summed E-state index contributed by atoms with van der Waals surface area (Å²) in [5.41, 5.74) is 3.30. The Morgan fingerprint density at radius 2 is 1.47 bits per heavy atom. The van der Waals surface area contributed by atoms with E-state index in [1.165, 1.54) is 30.1 Å². The molecule has 10 heteroatoms. The van der Waals surface area contributed by atoms with Gasteiger partial charge in [-0.3, -0.25) is 13.9 Å². The summed E-state index contributed by atoms with van der Waals surface area (Å²) >= 11 is 12.6. The predicted molar refractivity (Wildman–Crippen MR) is 172 cm³/mol. The number of nitrogens with one attached hydrogen (secondary N) is 1. The first-order chi connectivity index (χ1) is 20.5. The van der Waals surface area contributed by atoms with Crippen molar-refractivity contribution in [2.24, 2.45) is 0 Å². The number of halogens is 2. The van der Waals surface area contributed by atoms with Crippen molar-refractivity contribution in [2.75, 3.05) is 17.9 Å². The second kappa shape index (κ2) is 14.1. The van der Waals surface area contributed by atoms with E-state index in [1.54, 1.807) is 55.5 Å². The van der Waals surface area contributed by atoms with Gasteiger partial charge < -0.3 is 10.2 Å². The Labute approximate surface area is 263 Å². The van der Waals surface area contributed by atoms with Crippen molar-refractivity contribution in [1.29, 1.82) is 0 Å². The molecule has 1 atom stereocenters. The molecule has 4 rings (SSSR count). The molecule has 0 heterocycles. The van der Waals surface area contributed by atoms with Crippen LogP contribution in [0.15, 0.2) is 102 Å². The first kappa shape index (κ1) is 32.1. The average Bonchev–Trinajstić information content (AvgIpc) is 2.99. The van der Waals surface area contributed by atoms with Crippen LogP contribution in [0.1, 0.15) is 22.3 Å². The van der Waals surface area contributed by atoms with Crippen LogP contribution in [-0.4, -0.2) is 44.8 Å². The molecule has 4 aromatic rings. The summed E-state index contributed by atoms with van der Waals surface area (Å²) in [6, 6.07) is 26.7. The van der Waals surface area contributed by atoms with Crippen LogP contribution in [-0.2, 0) is 32.6 Å². The van der Waals surface area contributed by atoms with Gasteiger partial charge in [-0.05, 0) is 66.9 Å². The Balaban J connectivity index is 1.82. The molecule has 0 saturated heterocycles. The fraction of sp³-hybridized carbons (Fsp3) is 0.212. The fourth-order valence-corrected chi connectivity index (χ4v) is 6.60. The van der Waals surface area contributed by atoms with Crippen molar-refractivity contribution in [1.82, 2.24) is 10.2 Å².